The van der Waals surface area contributed by atoms with E-state index in [9.17, 15) is 8.78 Å². The zero-order valence-electron chi connectivity index (χ0n) is 14.6. The Balaban J connectivity index is 1.79. The summed E-state index contributed by atoms with van der Waals surface area (Å²) < 4.78 is 36.0. The van der Waals surface area contributed by atoms with Crippen molar-refractivity contribution in [1.29, 1.82) is 0 Å². The van der Waals surface area contributed by atoms with Gasteiger partial charge in [0, 0.05) is 36.0 Å². The van der Waals surface area contributed by atoms with Crippen LogP contribution in [0.15, 0.2) is 35.5 Å². The van der Waals surface area contributed by atoms with Gasteiger partial charge in [-0.05, 0) is 18.6 Å². The number of fused-ring (bicyclic) bond motifs is 1. The first-order valence-electron chi connectivity index (χ1n) is 8.38. The van der Waals surface area contributed by atoms with Crippen molar-refractivity contribution in [3.8, 4) is 0 Å². The first-order valence-corrected chi connectivity index (χ1v) is 9.36. The van der Waals surface area contributed by atoms with Gasteiger partial charge in [0.1, 0.15) is 23.3 Å². The Kier molecular flexibility index (Phi) is 4.07. The fourth-order valence-electron chi connectivity index (χ4n) is 3.91. The number of amidine groups is 1. The van der Waals surface area contributed by atoms with Crippen LogP contribution in [0.5, 0.6) is 0 Å². The molecule has 1 aromatic heterocycles. The Labute approximate surface area is 154 Å². The SMILES string of the molecule is Cn1ccc([C@H]2C[C@@]3(C)CSC(N)=N[C@@]3(c3ccc(F)cc3F)CO2)n1. The second-order valence-corrected chi connectivity index (χ2v) is 8.20. The van der Waals surface area contributed by atoms with Gasteiger partial charge in [-0.25, -0.2) is 13.8 Å². The van der Waals surface area contributed by atoms with E-state index in [2.05, 4.69) is 17.0 Å². The molecule has 0 amide bonds. The van der Waals surface area contributed by atoms with Crippen molar-refractivity contribution in [2.45, 2.75) is 25.0 Å². The molecule has 1 fully saturated rings. The van der Waals surface area contributed by atoms with E-state index < -0.39 is 22.6 Å². The summed E-state index contributed by atoms with van der Waals surface area (Å²) in [7, 11) is 1.85. The minimum Gasteiger partial charge on any atom is -0.379 e. The van der Waals surface area contributed by atoms with E-state index in [0.29, 0.717) is 22.9 Å². The molecule has 0 saturated carbocycles. The average molecular weight is 378 g/mol. The van der Waals surface area contributed by atoms with Crippen LogP contribution in [0.2, 0.25) is 0 Å². The summed E-state index contributed by atoms with van der Waals surface area (Å²) in [5, 5.41) is 4.84. The molecule has 4 rings (SSSR count). The molecule has 0 spiro atoms. The molecule has 0 unspecified atom stereocenters. The van der Waals surface area contributed by atoms with Gasteiger partial charge in [-0.2, -0.15) is 5.10 Å². The lowest BCUT2D eigenvalue weighted by molar-refractivity contribution is -0.0989. The largest absolute Gasteiger partial charge is 0.379 e. The van der Waals surface area contributed by atoms with Crippen molar-refractivity contribution >= 4 is 16.9 Å². The summed E-state index contributed by atoms with van der Waals surface area (Å²) in [4.78, 5) is 4.65. The van der Waals surface area contributed by atoms with Crippen LogP contribution in [0.1, 0.15) is 30.7 Å². The van der Waals surface area contributed by atoms with E-state index >= 15 is 0 Å². The quantitative estimate of drug-likeness (QED) is 0.872. The van der Waals surface area contributed by atoms with E-state index in [1.54, 1.807) is 4.68 Å². The van der Waals surface area contributed by atoms with E-state index in [0.717, 1.165) is 11.8 Å². The van der Waals surface area contributed by atoms with E-state index in [4.69, 9.17) is 10.5 Å². The molecule has 8 heteroatoms. The third-order valence-corrected chi connectivity index (χ3v) is 6.58. The predicted octanol–water partition coefficient (Wildman–Crippen LogP) is 3.12. The maximum atomic E-state index is 14.7. The smallest absolute Gasteiger partial charge is 0.154 e. The van der Waals surface area contributed by atoms with Crippen LogP contribution in [0.4, 0.5) is 8.78 Å². The van der Waals surface area contributed by atoms with Crippen LogP contribution in [0, 0.1) is 17.0 Å². The first kappa shape index (κ1) is 17.5. The van der Waals surface area contributed by atoms with Crippen LogP contribution >= 0.6 is 11.8 Å². The topological polar surface area (TPSA) is 65.4 Å². The predicted molar refractivity (Wildman–Crippen MR) is 96.7 cm³/mol. The van der Waals surface area contributed by atoms with Crippen molar-refractivity contribution < 1.29 is 13.5 Å². The molecular formula is C18H20F2N4OS. The molecule has 2 aliphatic heterocycles. The number of aryl methyl sites for hydroxylation is 1. The standard InChI is InChI=1S/C18H20F2N4OS/c1-17-8-15(14-5-6-24(2)23-14)25-9-18(17,22-16(21)26-10-17)12-4-3-11(19)7-13(12)20/h3-7,15H,8-10H2,1-2H3,(H2,21,22)/t15-,17+,18-/m1/s1. The number of thioether (sulfide) groups is 1. The summed E-state index contributed by atoms with van der Waals surface area (Å²) in [6, 6.07) is 5.53. The number of nitrogens with zero attached hydrogens (tertiary/aromatic N) is 3. The molecule has 3 atom stereocenters. The second-order valence-electron chi connectivity index (χ2n) is 7.20. The molecule has 2 aliphatic rings. The first-order chi connectivity index (χ1) is 12.3. The normalized spacial score (nSPS) is 31.4. The van der Waals surface area contributed by atoms with Gasteiger partial charge >= 0.3 is 0 Å². The minimum atomic E-state index is -0.981. The Bertz CT molecular complexity index is 886. The molecule has 0 bridgehead atoms. The molecular weight excluding hydrogens is 358 g/mol. The average Bonchev–Trinajstić information content (AvgIpc) is 3.01. The Morgan fingerprint density at radius 3 is 2.85 bits per heavy atom. The number of rotatable bonds is 2. The van der Waals surface area contributed by atoms with Crippen LogP contribution in [-0.4, -0.2) is 27.3 Å². The van der Waals surface area contributed by atoms with Crippen LogP contribution in [0.25, 0.3) is 0 Å². The van der Waals surface area contributed by atoms with E-state index in [-0.39, 0.29) is 12.7 Å². The molecule has 26 heavy (non-hydrogen) atoms. The van der Waals surface area contributed by atoms with Gasteiger partial charge in [-0.1, -0.05) is 24.8 Å². The van der Waals surface area contributed by atoms with E-state index in [1.165, 1.54) is 23.9 Å². The number of halogens is 2. The summed E-state index contributed by atoms with van der Waals surface area (Å²) >= 11 is 1.46. The molecule has 0 radical (unpaired) electrons. The minimum absolute atomic E-state index is 0.161. The number of ether oxygens (including phenoxy) is 1. The maximum Gasteiger partial charge on any atom is 0.154 e. The van der Waals surface area contributed by atoms with Gasteiger partial charge in [0.05, 0.1) is 12.3 Å². The molecule has 138 valence electrons. The zero-order valence-corrected chi connectivity index (χ0v) is 15.4. The molecule has 1 aromatic carbocycles. The fraction of sp³-hybridized carbons (Fsp3) is 0.444. The number of aromatic nitrogens is 2. The maximum absolute atomic E-state index is 14.7. The third kappa shape index (κ3) is 2.63. The number of hydrogen-bond acceptors (Lipinski definition) is 5. The Morgan fingerprint density at radius 1 is 1.35 bits per heavy atom. The lowest BCUT2D eigenvalue weighted by Gasteiger charge is -2.53. The highest BCUT2D eigenvalue weighted by Gasteiger charge is 2.57. The zero-order chi connectivity index (χ0) is 18.5. The van der Waals surface area contributed by atoms with Crippen LogP contribution in [0.3, 0.4) is 0 Å². The number of nitrogens with two attached hydrogens (primary N) is 1. The highest BCUT2D eigenvalue weighted by Crippen LogP contribution is 2.57. The molecule has 2 N–H and O–H groups in total. The molecule has 2 aromatic rings. The summed E-state index contributed by atoms with van der Waals surface area (Å²) in [5.41, 5.74) is 5.76. The van der Waals surface area contributed by atoms with Crippen molar-refractivity contribution in [1.82, 2.24) is 9.78 Å². The van der Waals surface area contributed by atoms with Crippen molar-refractivity contribution in [2.24, 2.45) is 23.2 Å². The van der Waals surface area contributed by atoms with Gasteiger partial charge in [0.25, 0.3) is 0 Å². The highest BCUT2D eigenvalue weighted by molar-refractivity contribution is 8.13. The van der Waals surface area contributed by atoms with Crippen molar-refractivity contribution in [2.75, 3.05) is 12.4 Å². The lowest BCUT2D eigenvalue weighted by Crippen LogP contribution is -2.55. The lowest BCUT2D eigenvalue weighted by atomic mass is 9.64. The number of hydrogen-bond donors (Lipinski definition) is 1. The Morgan fingerprint density at radius 2 is 2.15 bits per heavy atom. The molecule has 5 nitrogen and oxygen atoms in total. The van der Waals surface area contributed by atoms with E-state index in [1.807, 2.05) is 19.3 Å². The highest BCUT2D eigenvalue weighted by atomic mass is 32.2. The summed E-state index contributed by atoms with van der Waals surface area (Å²) in [5.74, 6) is -0.569. The molecule has 0 aliphatic carbocycles. The van der Waals surface area contributed by atoms with Crippen molar-refractivity contribution in [3.05, 3.63) is 53.4 Å². The van der Waals surface area contributed by atoms with Crippen molar-refractivity contribution in [3.63, 3.8) is 0 Å². The van der Waals surface area contributed by atoms with Crippen LogP contribution in [-0.2, 0) is 17.3 Å². The molecule has 3 heterocycles. The third-order valence-electron chi connectivity index (χ3n) is 5.41. The Hall–Kier alpha value is -1.93. The molecule has 1 saturated heterocycles. The van der Waals surface area contributed by atoms with Gasteiger partial charge in [-0.3, -0.25) is 4.68 Å². The number of benzene rings is 1. The van der Waals surface area contributed by atoms with Gasteiger partial charge in [0.2, 0.25) is 0 Å². The fourth-order valence-corrected chi connectivity index (χ4v) is 4.96. The number of aliphatic imine (C=N–C) groups is 1. The summed E-state index contributed by atoms with van der Waals surface area (Å²) in [6.07, 6.45) is 2.28. The van der Waals surface area contributed by atoms with Gasteiger partial charge < -0.3 is 10.5 Å². The van der Waals surface area contributed by atoms with Gasteiger partial charge in [0.15, 0.2) is 5.17 Å². The second kappa shape index (κ2) is 6.06. The monoisotopic (exact) mass is 378 g/mol. The summed E-state index contributed by atoms with van der Waals surface area (Å²) in [6.45, 7) is 2.23. The van der Waals surface area contributed by atoms with Gasteiger partial charge in [-0.15, -0.1) is 0 Å². The van der Waals surface area contributed by atoms with Crippen LogP contribution < -0.4 is 5.73 Å².